The molecular weight excluding hydrogens is 407 g/mol. The van der Waals surface area contributed by atoms with Crippen molar-refractivity contribution in [3.8, 4) is 0 Å². The molecule has 1 atom stereocenters. The van der Waals surface area contributed by atoms with Gasteiger partial charge >= 0.3 is 0 Å². The van der Waals surface area contributed by atoms with Crippen molar-refractivity contribution in [2.24, 2.45) is 7.05 Å². The van der Waals surface area contributed by atoms with Crippen LogP contribution in [0.25, 0.3) is 0 Å². The Morgan fingerprint density at radius 2 is 2.10 bits per heavy atom. The Labute approximate surface area is 140 Å². The number of aliphatic hydroxyl groups is 1. The van der Waals surface area contributed by atoms with E-state index in [1.165, 1.54) is 0 Å². The highest BCUT2D eigenvalue weighted by Gasteiger charge is 2.18. The number of nitrogens with zero attached hydrogens (tertiary/aromatic N) is 2. The minimum absolute atomic E-state index is 0.488. The summed E-state index contributed by atoms with van der Waals surface area (Å²) in [5.41, 5.74) is 2.78. The van der Waals surface area contributed by atoms with E-state index in [4.69, 9.17) is 11.6 Å². The van der Waals surface area contributed by atoms with Gasteiger partial charge in [0.15, 0.2) is 0 Å². The summed E-state index contributed by atoms with van der Waals surface area (Å²) in [6, 6.07) is 5.49. The van der Waals surface area contributed by atoms with Crippen molar-refractivity contribution in [1.29, 1.82) is 0 Å². The van der Waals surface area contributed by atoms with Crippen LogP contribution in [0.1, 0.15) is 30.0 Å². The molecule has 0 amide bonds. The Kier molecular flexibility index (Phi) is 5.29. The van der Waals surface area contributed by atoms with E-state index in [-0.39, 0.29) is 0 Å². The summed E-state index contributed by atoms with van der Waals surface area (Å²) in [6.45, 7) is 2.06. The molecule has 1 heterocycles. The Morgan fingerprint density at radius 3 is 2.65 bits per heavy atom. The molecule has 0 aliphatic carbocycles. The maximum Gasteiger partial charge on any atom is 0.0846 e. The lowest BCUT2D eigenvalue weighted by Crippen LogP contribution is -2.07. The van der Waals surface area contributed by atoms with E-state index in [9.17, 15) is 5.11 Å². The molecule has 2 rings (SSSR count). The molecule has 0 spiro atoms. The molecule has 1 aromatic heterocycles. The summed E-state index contributed by atoms with van der Waals surface area (Å²) in [5, 5.41) is 15.4. The molecule has 0 fully saturated rings. The van der Waals surface area contributed by atoms with Crippen LogP contribution < -0.4 is 0 Å². The average Bonchev–Trinajstić information content (AvgIpc) is 2.69. The predicted molar refractivity (Wildman–Crippen MR) is 88.1 cm³/mol. The Hall–Kier alpha value is -0.360. The second-order valence-corrected chi connectivity index (χ2v) is 6.63. The van der Waals surface area contributed by atoms with Gasteiger partial charge in [-0.1, -0.05) is 24.6 Å². The maximum absolute atomic E-state index is 10.4. The van der Waals surface area contributed by atoms with Gasteiger partial charge in [-0.3, -0.25) is 4.68 Å². The molecular formula is C14H15Br2ClN2O. The molecule has 0 aliphatic heterocycles. The molecule has 2 aromatic rings. The predicted octanol–water partition coefficient (Wildman–Crippen LogP) is 4.44. The van der Waals surface area contributed by atoms with Crippen LogP contribution in [0.4, 0.5) is 0 Å². The van der Waals surface area contributed by atoms with Crippen molar-refractivity contribution < 1.29 is 5.11 Å². The SMILES string of the molecule is CCc1nn(C)c(CC(O)c2ccc(Br)c(Cl)c2)c1Br. The third kappa shape index (κ3) is 3.27. The van der Waals surface area contributed by atoms with E-state index in [1.807, 2.05) is 23.9 Å². The van der Waals surface area contributed by atoms with Crippen molar-refractivity contribution in [1.82, 2.24) is 9.78 Å². The van der Waals surface area contributed by atoms with Crippen molar-refractivity contribution in [2.45, 2.75) is 25.9 Å². The fourth-order valence-corrected chi connectivity index (χ4v) is 3.28. The summed E-state index contributed by atoms with van der Waals surface area (Å²) in [5.74, 6) is 0. The Morgan fingerprint density at radius 1 is 1.40 bits per heavy atom. The standard InChI is InChI=1S/C14H15Br2ClN2O/c1-3-11-14(16)12(19(2)18-11)7-13(20)8-4-5-9(15)10(17)6-8/h4-6,13,20H,3,7H2,1-2H3. The summed E-state index contributed by atoms with van der Waals surface area (Å²) >= 11 is 13.0. The first-order valence-corrected chi connectivity index (χ1v) is 8.23. The largest absolute Gasteiger partial charge is 0.388 e. The molecule has 0 saturated carbocycles. The highest BCUT2D eigenvalue weighted by Crippen LogP contribution is 2.30. The number of aromatic nitrogens is 2. The van der Waals surface area contributed by atoms with Crippen LogP contribution in [-0.2, 0) is 19.9 Å². The van der Waals surface area contributed by atoms with Crippen molar-refractivity contribution in [3.05, 3.63) is 49.1 Å². The first-order chi connectivity index (χ1) is 9.43. The minimum Gasteiger partial charge on any atom is -0.388 e. The van der Waals surface area contributed by atoms with Crippen LogP contribution >= 0.6 is 43.5 Å². The summed E-state index contributed by atoms with van der Waals surface area (Å²) in [4.78, 5) is 0. The lowest BCUT2D eigenvalue weighted by molar-refractivity contribution is 0.175. The second-order valence-electron chi connectivity index (χ2n) is 4.58. The minimum atomic E-state index is -0.614. The zero-order chi connectivity index (χ0) is 14.9. The zero-order valence-corrected chi connectivity index (χ0v) is 15.1. The van der Waals surface area contributed by atoms with Gasteiger partial charge in [0.1, 0.15) is 0 Å². The molecule has 1 unspecified atom stereocenters. The monoisotopic (exact) mass is 420 g/mol. The van der Waals surface area contributed by atoms with Gasteiger partial charge in [-0.15, -0.1) is 0 Å². The van der Waals surface area contributed by atoms with Gasteiger partial charge in [0, 0.05) is 17.9 Å². The number of rotatable bonds is 4. The molecule has 0 saturated heterocycles. The first-order valence-electron chi connectivity index (χ1n) is 6.27. The third-order valence-electron chi connectivity index (χ3n) is 3.22. The third-order valence-corrected chi connectivity index (χ3v) is 5.37. The summed E-state index contributed by atoms with van der Waals surface area (Å²) in [7, 11) is 1.89. The molecule has 1 aromatic carbocycles. The molecule has 6 heteroatoms. The quantitative estimate of drug-likeness (QED) is 0.791. The van der Waals surface area contributed by atoms with Gasteiger partial charge in [-0.05, 0) is 56.0 Å². The summed E-state index contributed by atoms with van der Waals surface area (Å²) < 4.78 is 3.61. The number of aryl methyl sites for hydroxylation is 2. The average molecular weight is 423 g/mol. The molecule has 1 N–H and O–H groups in total. The molecule has 0 aliphatic rings. The fourth-order valence-electron chi connectivity index (χ4n) is 2.06. The highest BCUT2D eigenvalue weighted by molar-refractivity contribution is 9.10. The van der Waals surface area contributed by atoms with E-state index in [1.54, 1.807) is 6.07 Å². The Balaban J connectivity index is 2.25. The van der Waals surface area contributed by atoms with E-state index >= 15 is 0 Å². The highest BCUT2D eigenvalue weighted by atomic mass is 79.9. The number of halogens is 3. The maximum atomic E-state index is 10.4. The molecule has 3 nitrogen and oxygen atoms in total. The van der Waals surface area contributed by atoms with Gasteiger partial charge in [-0.2, -0.15) is 5.10 Å². The number of hydrogen-bond acceptors (Lipinski definition) is 2. The molecule has 0 radical (unpaired) electrons. The number of aliphatic hydroxyl groups excluding tert-OH is 1. The summed E-state index contributed by atoms with van der Waals surface area (Å²) in [6.07, 6.45) is 0.730. The van der Waals surface area contributed by atoms with Crippen LogP contribution in [0.3, 0.4) is 0 Å². The van der Waals surface area contributed by atoms with Crippen LogP contribution in [0, 0.1) is 0 Å². The van der Waals surface area contributed by atoms with Gasteiger partial charge in [-0.25, -0.2) is 0 Å². The van der Waals surface area contributed by atoms with Gasteiger partial charge < -0.3 is 5.11 Å². The lowest BCUT2D eigenvalue weighted by Gasteiger charge is -2.12. The molecule has 108 valence electrons. The van der Waals surface area contributed by atoms with Gasteiger partial charge in [0.05, 0.1) is 27.0 Å². The number of benzene rings is 1. The van der Waals surface area contributed by atoms with Crippen LogP contribution in [0.2, 0.25) is 5.02 Å². The van der Waals surface area contributed by atoms with Gasteiger partial charge in [0.2, 0.25) is 0 Å². The topological polar surface area (TPSA) is 38.0 Å². The van der Waals surface area contributed by atoms with Crippen molar-refractivity contribution >= 4 is 43.5 Å². The lowest BCUT2D eigenvalue weighted by atomic mass is 10.0. The van der Waals surface area contributed by atoms with E-state index < -0.39 is 6.10 Å². The molecule has 20 heavy (non-hydrogen) atoms. The van der Waals surface area contributed by atoms with Crippen LogP contribution in [0.15, 0.2) is 27.1 Å². The van der Waals surface area contributed by atoms with Crippen molar-refractivity contribution in [3.63, 3.8) is 0 Å². The van der Waals surface area contributed by atoms with E-state index in [0.29, 0.717) is 11.4 Å². The van der Waals surface area contributed by atoms with Gasteiger partial charge in [0.25, 0.3) is 0 Å². The fraction of sp³-hybridized carbons (Fsp3) is 0.357. The number of hydrogen-bond donors (Lipinski definition) is 1. The normalized spacial score (nSPS) is 12.7. The van der Waals surface area contributed by atoms with Crippen LogP contribution in [-0.4, -0.2) is 14.9 Å². The second kappa shape index (κ2) is 6.60. The van der Waals surface area contributed by atoms with E-state index in [2.05, 4.69) is 43.9 Å². The van der Waals surface area contributed by atoms with Crippen molar-refractivity contribution in [2.75, 3.05) is 0 Å². The van der Waals surface area contributed by atoms with E-state index in [0.717, 1.165) is 32.3 Å². The Bertz CT molecular complexity index is 628. The van der Waals surface area contributed by atoms with Crippen LogP contribution in [0.5, 0.6) is 0 Å². The first kappa shape index (κ1) is 16.0. The smallest absolute Gasteiger partial charge is 0.0846 e. The molecule has 0 bridgehead atoms. The zero-order valence-electron chi connectivity index (χ0n) is 11.2.